The first kappa shape index (κ1) is 28.3. The number of hydrogen-bond acceptors (Lipinski definition) is 9. The third-order valence-electron chi connectivity index (χ3n) is 5.20. The number of anilines is 1. The van der Waals surface area contributed by atoms with Gasteiger partial charge in [0, 0.05) is 35.4 Å². The van der Waals surface area contributed by atoms with Crippen LogP contribution >= 0.6 is 0 Å². The molecule has 3 aromatic rings. The fourth-order valence-corrected chi connectivity index (χ4v) is 3.16. The van der Waals surface area contributed by atoms with Crippen molar-refractivity contribution in [1.29, 1.82) is 0 Å². The van der Waals surface area contributed by atoms with Gasteiger partial charge < -0.3 is 14.8 Å². The van der Waals surface area contributed by atoms with Crippen LogP contribution in [0.5, 0.6) is 0 Å². The molecule has 3 aromatic carbocycles. The summed E-state index contributed by atoms with van der Waals surface area (Å²) in [4.78, 5) is 70.5. The maximum Gasteiger partial charge on any atom is 0.338 e. The molecule has 11 nitrogen and oxygen atoms in total. The van der Waals surface area contributed by atoms with Crippen LogP contribution in [0.3, 0.4) is 0 Å². The Morgan fingerprint density at radius 2 is 1.38 bits per heavy atom. The van der Waals surface area contributed by atoms with E-state index in [1.165, 1.54) is 54.6 Å². The van der Waals surface area contributed by atoms with Gasteiger partial charge in [-0.15, -0.1) is 0 Å². The molecule has 12 heteroatoms. The number of esters is 2. The van der Waals surface area contributed by atoms with Crippen LogP contribution in [0.15, 0.2) is 72.8 Å². The fraction of sp³-hybridized carbons (Fsp3) is 0.148. The molecule has 0 aliphatic rings. The van der Waals surface area contributed by atoms with Gasteiger partial charge in [0.15, 0.2) is 19.0 Å². The summed E-state index contributed by atoms with van der Waals surface area (Å²) in [5, 5.41) is 13.4. The average molecular weight is 536 g/mol. The van der Waals surface area contributed by atoms with Gasteiger partial charge >= 0.3 is 11.9 Å². The standard InChI is InChI=1S/C27H21FN2O9/c28-20-8-4-17(5-9-20)23(31)15-38-26(34)13-12-25(33)29-21-10-6-18(7-11-21)27(35)39-16-24(32)19-2-1-3-22(14-19)30(36)37/h1-11,14H,12-13,15-16H2,(H,29,33). The first-order chi connectivity index (χ1) is 18.6. The Morgan fingerprint density at radius 1 is 0.769 bits per heavy atom. The highest BCUT2D eigenvalue weighted by Gasteiger charge is 2.16. The topological polar surface area (TPSA) is 159 Å². The van der Waals surface area contributed by atoms with Crippen LogP contribution < -0.4 is 5.32 Å². The Kier molecular flexibility index (Phi) is 9.68. The van der Waals surface area contributed by atoms with E-state index in [0.717, 1.165) is 18.2 Å². The lowest BCUT2D eigenvalue weighted by atomic mass is 10.1. The molecule has 0 saturated heterocycles. The van der Waals surface area contributed by atoms with E-state index in [1.54, 1.807) is 0 Å². The number of nitrogens with zero attached hydrogens (tertiary/aromatic N) is 1. The molecule has 0 unspecified atom stereocenters. The SMILES string of the molecule is O=C(CCC(=O)OCC(=O)c1ccc(F)cc1)Nc1ccc(C(=O)OCC(=O)c2cccc([N+](=O)[O-])c2)cc1. The summed E-state index contributed by atoms with van der Waals surface area (Å²) in [5.41, 5.74) is 0.360. The Labute approximate surface area is 220 Å². The monoisotopic (exact) mass is 536 g/mol. The number of ketones is 2. The van der Waals surface area contributed by atoms with Crippen molar-refractivity contribution in [3.63, 3.8) is 0 Å². The van der Waals surface area contributed by atoms with Gasteiger partial charge in [0.25, 0.3) is 5.69 Å². The highest BCUT2D eigenvalue weighted by atomic mass is 19.1. The number of nitrogens with one attached hydrogen (secondary N) is 1. The van der Waals surface area contributed by atoms with Gasteiger partial charge in [-0.05, 0) is 48.5 Å². The van der Waals surface area contributed by atoms with Crippen LogP contribution in [0.2, 0.25) is 0 Å². The molecule has 39 heavy (non-hydrogen) atoms. The second kappa shape index (κ2) is 13.3. The van der Waals surface area contributed by atoms with Gasteiger partial charge in [-0.25, -0.2) is 9.18 Å². The number of halogens is 1. The molecular weight excluding hydrogens is 515 g/mol. The first-order valence-electron chi connectivity index (χ1n) is 11.4. The Hall–Kier alpha value is -5.26. The van der Waals surface area contributed by atoms with E-state index in [4.69, 9.17) is 9.47 Å². The number of carbonyl (C=O) groups excluding carboxylic acids is 5. The Balaban J connectivity index is 1.40. The van der Waals surface area contributed by atoms with Crippen LogP contribution in [-0.4, -0.2) is 47.5 Å². The van der Waals surface area contributed by atoms with Crippen molar-refractivity contribution in [2.75, 3.05) is 18.5 Å². The average Bonchev–Trinajstić information content (AvgIpc) is 2.94. The number of nitro benzene ring substituents is 1. The van der Waals surface area contributed by atoms with Crippen LogP contribution in [-0.2, 0) is 19.1 Å². The fourth-order valence-electron chi connectivity index (χ4n) is 3.16. The quantitative estimate of drug-likeness (QED) is 0.157. The van der Waals surface area contributed by atoms with Crippen molar-refractivity contribution in [3.8, 4) is 0 Å². The number of carbonyl (C=O) groups is 5. The molecule has 1 amide bonds. The maximum atomic E-state index is 12.9. The zero-order valence-electron chi connectivity index (χ0n) is 20.3. The zero-order chi connectivity index (χ0) is 28.4. The van der Waals surface area contributed by atoms with Gasteiger partial charge in [0.05, 0.1) is 16.9 Å². The molecule has 0 atom stereocenters. The minimum absolute atomic E-state index is 0.0263. The molecular formula is C27H21FN2O9. The van der Waals surface area contributed by atoms with Crippen LogP contribution in [0.25, 0.3) is 0 Å². The molecule has 0 bridgehead atoms. The third-order valence-corrected chi connectivity index (χ3v) is 5.20. The van der Waals surface area contributed by atoms with Crippen LogP contribution in [0.1, 0.15) is 43.9 Å². The normalized spacial score (nSPS) is 10.3. The Morgan fingerprint density at radius 3 is 2.05 bits per heavy atom. The van der Waals surface area contributed by atoms with Crippen molar-refractivity contribution in [1.82, 2.24) is 0 Å². The van der Waals surface area contributed by atoms with Gasteiger partial charge in [0.2, 0.25) is 11.7 Å². The first-order valence-corrected chi connectivity index (χ1v) is 11.4. The van der Waals surface area contributed by atoms with Gasteiger partial charge in [0.1, 0.15) is 5.82 Å². The number of Topliss-reactive ketones (excluding diaryl/α,β-unsaturated/α-hetero) is 2. The second-order valence-corrected chi connectivity index (χ2v) is 8.02. The van der Waals surface area contributed by atoms with E-state index in [1.807, 2.05) is 0 Å². The van der Waals surface area contributed by atoms with Gasteiger partial charge in [-0.3, -0.25) is 29.3 Å². The van der Waals surface area contributed by atoms with Crippen molar-refractivity contribution in [3.05, 3.63) is 105 Å². The second-order valence-electron chi connectivity index (χ2n) is 8.02. The van der Waals surface area contributed by atoms with Crippen molar-refractivity contribution in [2.45, 2.75) is 12.8 Å². The molecule has 0 radical (unpaired) electrons. The minimum Gasteiger partial charge on any atom is -0.457 e. The summed E-state index contributed by atoms with van der Waals surface area (Å²) in [6.07, 6.45) is -0.515. The number of benzene rings is 3. The molecule has 0 aliphatic heterocycles. The molecule has 0 saturated carbocycles. The molecule has 3 rings (SSSR count). The van der Waals surface area contributed by atoms with E-state index in [9.17, 15) is 38.5 Å². The number of non-ortho nitro benzene ring substituents is 1. The number of rotatable bonds is 12. The highest BCUT2D eigenvalue weighted by molar-refractivity contribution is 6.00. The molecule has 1 N–H and O–H groups in total. The lowest BCUT2D eigenvalue weighted by Crippen LogP contribution is -2.17. The third kappa shape index (κ3) is 8.67. The maximum absolute atomic E-state index is 12.9. The summed E-state index contributed by atoms with van der Waals surface area (Å²) < 4.78 is 22.7. The van der Waals surface area contributed by atoms with E-state index in [-0.39, 0.29) is 35.2 Å². The van der Waals surface area contributed by atoms with E-state index in [2.05, 4.69) is 5.32 Å². The van der Waals surface area contributed by atoms with E-state index in [0.29, 0.717) is 5.69 Å². The largest absolute Gasteiger partial charge is 0.457 e. The van der Waals surface area contributed by atoms with Crippen LogP contribution in [0.4, 0.5) is 15.8 Å². The highest BCUT2D eigenvalue weighted by Crippen LogP contribution is 2.15. The summed E-state index contributed by atoms with van der Waals surface area (Å²) in [5.74, 6) is -3.73. The number of hydrogen-bond donors (Lipinski definition) is 1. The van der Waals surface area contributed by atoms with Gasteiger partial charge in [-0.1, -0.05) is 12.1 Å². The van der Waals surface area contributed by atoms with E-state index < -0.39 is 53.4 Å². The van der Waals surface area contributed by atoms with Gasteiger partial charge in [-0.2, -0.15) is 0 Å². The molecule has 200 valence electrons. The summed E-state index contributed by atoms with van der Waals surface area (Å²) in [6.45, 7) is -1.16. The van der Waals surface area contributed by atoms with E-state index >= 15 is 0 Å². The molecule has 0 heterocycles. The number of amides is 1. The predicted octanol–water partition coefficient (Wildman–Crippen LogP) is 3.92. The smallest absolute Gasteiger partial charge is 0.338 e. The summed E-state index contributed by atoms with van der Waals surface area (Å²) in [7, 11) is 0. The molecule has 0 fully saturated rings. The zero-order valence-corrected chi connectivity index (χ0v) is 20.3. The Bertz CT molecular complexity index is 1400. The lowest BCUT2D eigenvalue weighted by Gasteiger charge is -2.08. The molecule has 0 aliphatic carbocycles. The predicted molar refractivity (Wildman–Crippen MR) is 134 cm³/mol. The number of nitro groups is 1. The summed E-state index contributed by atoms with van der Waals surface area (Å²) >= 11 is 0. The molecule has 0 aromatic heterocycles. The lowest BCUT2D eigenvalue weighted by molar-refractivity contribution is -0.384. The minimum atomic E-state index is -0.815. The number of ether oxygens (including phenoxy) is 2. The summed E-state index contributed by atoms with van der Waals surface area (Å²) in [6, 6.07) is 15.3. The van der Waals surface area contributed by atoms with Crippen molar-refractivity contribution >= 4 is 40.8 Å². The van der Waals surface area contributed by atoms with Crippen molar-refractivity contribution < 1.29 is 42.8 Å². The van der Waals surface area contributed by atoms with Crippen molar-refractivity contribution in [2.24, 2.45) is 0 Å². The van der Waals surface area contributed by atoms with Crippen LogP contribution in [0, 0.1) is 15.9 Å². The molecule has 0 spiro atoms.